The van der Waals surface area contributed by atoms with Crippen LogP contribution in [-0.4, -0.2) is 9.13 Å². The minimum Gasteiger partial charge on any atom is -0.455 e. The van der Waals surface area contributed by atoms with E-state index in [0.29, 0.717) is 0 Å². The molecule has 0 N–H and O–H groups in total. The molecule has 27 aromatic rings. The van der Waals surface area contributed by atoms with Gasteiger partial charge in [0, 0.05) is 99.3 Å². The van der Waals surface area contributed by atoms with E-state index in [-0.39, 0.29) is 0 Å². The average molecular weight is 1780 g/mol. The van der Waals surface area contributed by atoms with Crippen LogP contribution in [0.3, 0.4) is 0 Å². The molecular weight excluding hydrogens is 1700 g/mol. The van der Waals surface area contributed by atoms with Crippen molar-refractivity contribution in [3.63, 3.8) is 0 Å². The van der Waals surface area contributed by atoms with Gasteiger partial charge in [0.1, 0.15) is 22.3 Å². The highest BCUT2D eigenvalue weighted by Gasteiger charge is 2.27. The van der Waals surface area contributed by atoms with Crippen LogP contribution in [0.2, 0.25) is 0 Å². The van der Waals surface area contributed by atoms with Crippen LogP contribution >= 0.6 is 0 Å². The molecule has 23 aromatic carbocycles. The molecule has 4 aromatic heterocycles. The first kappa shape index (κ1) is 81.0. The normalized spacial score (nSPS) is 11.7. The number of fused-ring (bicyclic) bond motifs is 15. The molecule has 654 valence electrons. The van der Waals surface area contributed by atoms with E-state index in [2.05, 4.69) is 535 Å². The lowest BCUT2D eigenvalue weighted by molar-refractivity contribution is 0.669. The van der Waals surface area contributed by atoms with Gasteiger partial charge in [0.25, 0.3) is 0 Å². The molecule has 0 unspecified atom stereocenters. The van der Waals surface area contributed by atoms with E-state index in [1.807, 2.05) is 6.07 Å². The summed E-state index contributed by atoms with van der Waals surface area (Å²) >= 11 is 0. The molecule has 0 aliphatic heterocycles. The lowest BCUT2D eigenvalue weighted by atomic mass is 9.91. The van der Waals surface area contributed by atoms with Crippen LogP contribution in [0, 0.1) is 0 Å². The predicted molar refractivity (Wildman–Crippen MR) is 588 cm³/mol. The van der Waals surface area contributed by atoms with Gasteiger partial charge in [-0.3, -0.25) is 0 Å². The zero-order valence-electron chi connectivity index (χ0n) is 76.3. The molecular formula is C134H86N4O2. The number of hydrogen-bond donors (Lipinski definition) is 0. The summed E-state index contributed by atoms with van der Waals surface area (Å²) in [6.07, 6.45) is 0. The summed E-state index contributed by atoms with van der Waals surface area (Å²) in [5.74, 6) is 0. The van der Waals surface area contributed by atoms with Gasteiger partial charge in [0.2, 0.25) is 0 Å². The molecule has 4 heterocycles. The van der Waals surface area contributed by atoms with E-state index in [1.54, 1.807) is 0 Å². The fraction of sp³-hybridized carbons (Fsp3) is 0. The van der Waals surface area contributed by atoms with E-state index < -0.39 is 0 Å². The first-order valence-electron chi connectivity index (χ1n) is 48.0. The van der Waals surface area contributed by atoms with Crippen LogP contribution in [0.25, 0.3) is 232 Å². The maximum Gasteiger partial charge on any atom is 0.143 e. The largest absolute Gasteiger partial charge is 0.455 e. The summed E-state index contributed by atoms with van der Waals surface area (Å²) in [6.45, 7) is 0. The van der Waals surface area contributed by atoms with Crippen molar-refractivity contribution in [3.05, 3.63) is 522 Å². The Morgan fingerprint density at radius 3 is 1.01 bits per heavy atom. The van der Waals surface area contributed by atoms with Crippen molar-refractivity contribution in [3.8, 4) is 123 Å². The Morgan fingerprint density at radius 1 is 0.150 bits per heavy atom. The fourth-order valence-electron chi connectivity index (χ4n) is 22.1. The van der Waals surface area contributed by atoms with Crippen LogP contribution in [0.5, 0.6) is 0 Å². The van der Waals surface area contributed by atoms with E-state index in [4.69, 9.17) is 8.83 Å². The molecule has 6 heteroatoms. The maximum absolute atomic E-state index is 7.26. The summed E-state index contributed by atoms with van der Waals surface area (Å²) in [5.41, 5.74) is 38.9. The number of rotatable bonds is 18. The highest BCUT2D eigenvalue weighted by atomic mass is 16.3. The number of benzene rings is 23. The van der Waals surface area contributed by atoms with Gasteiger partial charge < -0.3 is 27.8 Å². The fourth-order valence-corrected chi connectivity index (χ4v) is 22.1. The van der Waals surface area contributed by atoms with Crippen LogP contribution in [0.4, 0.5) is 34.1 Å². The van der Waals surface area contributed by atoms with Crippen molar-refractivity contribution in [2.24, 2.45) is 0 Å². The lowest BCUT2D eigenvalue weighted by Crippen LogP contribution is -2.11. The third-order valence-electron chi connectivity index (χ3n) is 28.6. The van der Waals surface area contributed by atoms with Gasteiger partial charge in [-0.15, -0.1) is 0 Å². The van der Waals surface area contributed by atoms with Crippen LogP contribution < -0.4 is 9.80 Å². The molecule has 0 fully saturated rings. The van der Waals surface area contributed by atoms with Crippen LogP contribution in [-0.2, 0) is 0 Å². The average Bonchev–Trinajstić information content (AvgIpc) is 1.54. The number of para-hydroxylation sites is 10. The van der Waals surface area contributed by atoms with Crippen molar-refractivity contribution in [1.82, 2.24) is 9.13 Å². The third kappa shape index (κ3) is 13.7. The Hall–Kier alpha value is -18.6. The maximum atomic E-state index is 7.26. The van der Waals surface area contributed by atoms with Gasteiger partial charge in [-0.25, -0.2) is 0 Å². The summed E-state index contributed by atoms with van der Waals surface area (Å²) in [7, 11) is 0. The van der Waals surface area contributed by atoms with E-state index in [9.17, 15) is 0 Å². The lowest BCUT2D eigenvalue weighted by Gasteiger charge is -2.29. The topological polar surface area (TPSA) is 42.6 Å². The van der Waals surface area contributed by atoms with E-state index in [1.165, 1.54) is 59.8 Å². The number of furan rings is 2. The first-order valence-corrected chi connectivity index (χ1v) is 48.0. The summed E-state index contributed by atoms with van der Waals surface area (Å²) in [5, 5.41) is 14.0. The Balaban J connectivity index is 0.522. The highest BCUT2D eigenvalue weighted by molar-refractivity contribution is 6.18. The van der Waals surface area contributed by atoms with Gasteiger partial charge >= 0.3 is 0 Å². The van der Waals surface area contributed by atoms with Crippen molar-refractivity contribution in [2.75, 3.05) is 9.80 Å². The number of hydrogen-bond acceptors (Lipinski definition) is 4. The Bertz CT molecular complexity index is 9480. The molecule has 0 aliphatic rings. The Labute approximate surface area is 809 Å². The Morgan fingerprint density at radius 2 is 0.486 bits per heavy atom. The number of aromatic nitrogens is 2. The second-order valence-electron chi connectivity index (χ2n) is 36.4. The second kappa shape index (κ2) is 33.8. The molecule has 0 aliphatic carbocycles. The van der Waals surface area contributed by atoms with Crippen LogP contribution in [0.15, 0.2) is 531 Å². The zero-order chi connectivity index (χ0) is 92.2. The molecule has 0 amide bonds. The van der Waals surface area contributed by atoms with E-state index >= 15 is 0 Å². The molecule has 0 spiro atoms. The quantitative estimate of drug-likeness (QED) is 0.0803. The summed E-state index contributed by atoms with van der Waals surface area (Å²) in [4.78, 5) is 4.82. The molecule has 0 radical (unpaired) electrons. The van der Waals surface area contributed by atoms with Gasteiger partial charge in [-0.05, 0) is 238 Å². The minimum absolute atomic E-state index is 0.827. The standard InChI is InChI=1S/C134H86N4O2/c1-2-32-87(33-3-1)101-38-4-7-41-106(101)111-46-12-20-58-124(111)136(98-79-70-89(71-80-98)103-40-6-9-43-108(103)113-48-14-22-60-126(113)138-129-63-25-17-51-116(129)117-52-18-26-64-130(117)138)100-37-29-35-94(83-100)105-55-31-57-121-119-81-74-92(86-132(119)140-134(105)121)91-66-67-95-85-122(109-44-10-11-45-110(109)123(95)84-91)90-72-77-97(78-73-90)135(99-36-28-34-93(82-99)104-54-30-56-120-118-53-19-27-65-131(118)139-133(104)120)96-75-68-88(69-76-96)102-39-5-8-42-107(102)112-47-13-21-59-125(112)137-127-61-23-15-49-114(127)115-50-16-24-62-128(115)137/h1-86H. The molecule has 0 saturated heterocycles. The van der Waals surface area contributed by atoms with Crippen LogP contribution in [0.1, 0.15) is 0 Å². The molecule has 0 bridgehead atoms. The van der Waals surface area contributed by atoms with Crippen molar-refractivity contribution in [2.45, 2.75) is 0 Å². The zero-order valence-corrected chi connectivity index (χ0v) is 76.3. The molecule has 0 saturated carbocycles. The Kier molecular flexibility index (Phi) is 19.5. The van der Waals surface area contributed by atoms with Gasteiger partial charge in [-0.1, -0.05) is 388 Å². The van der Waals surface area contributed by atoms with Gasteiger partial charge in [0.05, 0.1) is 39.1 Å². The summed E-state index contributed by atoms with van der Waals surface area (Å²) < 4.78 is 18.8. The third-order valence-corrected chi connectivity index (χ3v) is 28.6. The first-order chi connectivity index (χ1) is 69.5. The van der Waals surface area contributed by atoms with Crippen molar-refractivity contribution >= 4 is 143 Å². The minimum atomic E-state index is 0.827. The summed E-state index contributed by atoms with van der Waals surface area (Å²) in [6, 6.07) is 190. The highest BCUT2D eigenvalue weighted by Crippen LogP contribution is 2.51. The van der Waals surface area contributed by atoms with Gasteiger partial charge in [0.15, 0.2) is 0 Å². The molecule has 6 nitrogen and oxygen atoms in total. The van der Waals surface area contributed by atoms with Crippen molar-refractivity contribution in [1.29, 1.82) is 0 Å². The molecule has 27 rings (SSSR count). The smallest absolute Gasteiger partial charge is 0.143 e. The molecule has 0 atom stereocenters. The van der Waals surface area contributed by atoms with Crippen molar-refractivity contribution < 1.29 is 8.83 Å². The number of nitrogens with zero attached hydrogens (tertiary/aromatic N) is 4. The van der Waals surface area contributed by atoms with E-state index in [0.717, 1.165) is 206 Å². The second-order valence-corrected chi connectivity index (χ2v) is 36.4. The number of anilines is 6. The molecule has 140 heavy (non-hydrogen) atoms. The monoisotopic (exact) mass is 1780 g/mol. The van der Waals surface area contributed by atoms with Gasteiger partial charge in [-0.2, -0.15) is 0 Å². The SMILES string of the molecule is c1ccc(-c2ccccc2-c2ccccc2N(c2ccc(-c3ccccc3-c3ccccc3-n3c4ccccc4c4ccccc43)cc2)c2cccc(-c3cccc4c3oc3cc(-c5ccc6cc(-c7ccc(N(c8ccc(-c9ccccc9-c9ccccc9-n9c%10ccccc%10c%10ccccc%109)cc8)c8cccc(-c9cccc%10c9oc9ccccc9%10)c8)cc7)c7ccccc7c6c5)ccc34)c2)cc1. The predicted octanol–water partition coefficient (Wildman–Crippen LogP) is 37.6.